The zero-order chi connectivity index (χ0) is 17.7. The average molecular weight is 342 g/mol. The van der Waals surface area contributed by atoms with Gasteiger partial charge >= 0.3 is 12.0 Å². The fraction of sp³-hybridized carbons (Fsp3) is 0.688. The highest BCUT2D eigenvalue weighted by Crippen LogP contribution is 2.39. The molecular formula is C16H23FN2O5. The van der Waals surface area contributed by atoms with Gasteiger partial charge in [-0.25, -0.2) is 9.18 Å². The molecule has 0 aromatic carbocycles. The minimum absolute atomic E-state index is 0.0393. The maximum Gasteiger partial charge on any atom is 0.347 e. The van der Waals surface area contributed by atoms with Crippen LogP contribution in [0, 0.1) is 5.92 Å². The molecule has 0 saturated heterocycles. The summed E-state index contributed by atoms with van der Waals surface area (Å²) in [5.74, 6) is -0.403. The van der Waals surface area contributed by atoms with Crippen molar-refractivity contribution in [3.63, 3.8) is 0 Å². The van der Waals surface area contributed by atoms with Crippen LogP contribution in [0.15, 0.2) is 6.07 Å². The van der Waals surface area contributed by atoms with Gasteiger partial charge < -0.3 is 18.9 Å². The number of methoxy groups -OCH3 is 2. The highest BCUT2D eigenvalue weighted by atomic mass is 19.1. The van der Waals surface area contributed by atoms with Crippen LogP contribution in [0.4, 0.5) is 4.39 Å². The second kappa shape index (κ2) is 7.63. The molecule has 0 radical (unpaired) electrons. The summed E-state index contributed by atoms with van der Waals surface area (Å²) < 4.78 is 36.0. The van der Waals surface area contributed by atoms with Crippen LogP contribution in [0.2, 0.25) is 0 Å². The minimum Gasteiger partial charge on any atom is -0.481 e. The number of carbonyl (C=O) groups is 1. The van der Waals surface area contributed by atoms with Gasteiger partial charge in [-0.05, 0) is 32.1 Å². The number of hydrogen-bond donors (Lipinski definition) is 0. The third-order valence-corrected chi connectivity index (χ3v) is 4.02. The van der Waals surface area contributed by atoms with Crippen LogP contribution in [0.1, 0.15) is 33.1 Å². The van der Waals surface area contributed by atoms with Crippen LogP contribution in [-0.4, -0.2) is 48.5 Å². The zero-order valence-corrected chi connectivity index (χ0v) is 14.4. The van der Waals surface area contributed by atoms with Crippen LogP contribution in [0.25, 0.3) is 0 Å². The van der Waals surface area contributed by atoms with E-state index < -0.39 is 17.7 Å². The van der Waals surface area contributed by atoms with Gasteiger partial charge in [0.2, 0.25) is 17.4 Å². The first-order chi connectivity index (χ1) is 11.4. The van der Waals surface area contributed by atoms with E-state index in [1.807, 2.05) is 6.92 Å². The summed E-state index contributed by atoms with van der Waals surface area (Å²) in [4.78, 5) is 20.2. The Labute approximate surface area is 140 Å². The lowest BCUT2D eigenvalue weighted by Gasteiger charge is -2.37. The maximum atomic E-state index is 15.4. The Morgan fingerprint density at radius 2 is 1.92 bits per heavy atom. The van der Waals surface area contributed by atoms with E-state index in [4.69, 9.17) is 18.9 Å². The predicted molar refractivity (Wildman–Crippen MR) is 83.0 cm³/mol. The molecule has 7 nitrogen and oxygen atoms in total. The summed E-state index contributed by atoms with van der Waals surface area (Å²) in [6.07, 6.45) is 0.109. The highest BCUT2D eigenvalue weighted by Gasteiger charge is 2.53. The molecule has 0 bridgehead atoms. The van der Waals surface area contributed by atoms with E-state index in [-0.39, 0.29) is 36.7 Å². The summed E-state index contributed by atoms with van der Waals surface area (Å²) in [6, 6.07) is 1.38. The molecule has 0 spiro atoms. The fourth-order valence-corrected chi connectivity index (χ4v) is 2.80. The van der Waals surface area contributed by atoms with Gasteiger partial charge in [0.05, 0.1) is 26.9 Å². The number of alkyl halides is 1. The van der Waals surface area contributed by atoms with Gasteiger partial charge in [-0.15, -0.1) is 0 Å². The monoisotopic (exact) mass is 342 g/mol. The molecule has 0 amide bonds. The third kappa shape index (κ3) is 3.85. The number of rotatable bonds is 6. The number of aromatic nitrogens is 2. The lowest BCUT2D eigenvalue weighted by molar-refractivity contribution is -0.170. The van der Waals surface area contributed by atoms with Gasteiger partial charge in [0, 0.05) is 0 Å². The van der Waals surface area contributed by atoms with Crippen LogP contribution < -0.4 is 14.2 Å². The van der Waals surface area contributed by atoms with Crippen molar-refractivity contribution in [2.24, 2.45) is 5.92 Å². The van der Waals surface area contributed by atoms with Crippen LogP contribution in [0.3, 0.4) is 0 Å². The first-order valence-electron chi connectivity index (χ1n) is 7.92. The predicted octanol–water partition coefficient (Wildman–Crippen LogP) is 2.33. The lowest BCUT2D eigenvalue weighted by Crippen LogP contribution is -2.53. The molecule has 1 aromatic heterocycles. The Bertz CT molecular complexity index is 563. The maximum absolute atomic E-state index is 15.4. The largest absolute Gasteiger partial charge is 0.481 e. The Balaban J connectivity index is 2.26. The van der Waals surface area contributed by atoms with Crippen molar-refractivity contribution in [3.8, 4) is 17.8 Å². The summed E-state index contributed by atoms with van der Waals surface area (Å²) >= 11 is 0. The Morgan fingerprint density at radius 3 is 2.46 bits per heavy atom. The molecule has 8 heteroatoms. The Kier molecular flexibility index (Phi) is 5.80. The second-order valence-electron chi connectivity index (χ2n) is 5.81. The standard InChI is InChI=1S/C16H23FN2O5/c1-5-23-14(20)16(17)9-10(2)6-7-11(16)24-15-18-12(21-3)8-13(19-15)22-4/h8,10-11H,5-7,9H2,1-4H3. The molecular weight excluding hydrogens is 319 g/mol. The van der Waals surface area contributed by atoms with E-state index in [0.717, 1.165) is 6.42 Å². The quantitative estimate of drug-likeness (QED) is 0.734. The van der Waals surface area contributed by atoms with E-state index in [0.29, 0.717) is 6.42 Å². The third-order valence-electron chi connectivity index (χ3n) is 4.02. The summed E-state index contributed by atoms with van der Waals surface area (Å²) in [7, 11) is 2.87. The molecule has 1 aromatic rings. The van der Waals surface area contributed by atoms with Crippen molar-refractivity contribution in [1.82, 2.24) is 9.97 Å². The molecule has 1 heterocycles. The topological polar surface area (TPSA) is 79.8 Å². The van der Waals surface area contributed by atoms with Crippen molar-refractivity contribution in [2.75, 3.05) is 20.8 Å². The first kappa shape index (κ1) is 18.2. The number of carbonyl (C=O) groups excluding carboxylic acids is 1. The molecule has 1 fully saturated rings. The molecule has 1 saturated carbocycles. The van der Waals surface area contributed by atoms with Gasteiger partial charge in [0.25, 0.3) is 0 Å². The van der Waals surface area contributed by atoms with Gasteiger partial charge in [0.1, 0.15) is 6.10 Å². The molecule has 134 valence electrons. The van der Waals surface area contributed by atoms with Crippen molar-refractivity contribution < 1.29 is 28.1 Å². The van der Waals surface area contributed by atoms with Crippen LogP contribution in [0.5, 0.6) is 17.8 Å². The van der Waals surface area contributed by atoms with Crippen molar-refractivity contribution >= 4 is 5.97 Å². The van der Waals surface area contributed by atoms with Crippen molar-refractivity contribution in [1.29, 1.82) is 0 Å². The lowest BCUT2D eigenvalue weighted by atomic mass is 9.78. The molecule has 2 rings (SSSR count). The normalized spacial score (nSPS) is 26.5. The molecule has 24 heavy (non-hydrogen) atoms. The van der Waals surface area contributed by atoms with Gasteiger partial charge in [-0.3, -0.25) is 0 Å². The van der Waals surface area contributed by atoms with E-state index in [2.05, 4.69) is 9.97 Å². The zero-order valence-electron chi connectivity index (χ0n) is 14.4. The number of hydrogen-bond acceptors (Lipinski definition) is 7. The van der Waals surface area contributed by atoms with Crippen molar-refractivity contribution in [2.45, 2.75) is 44.9 Å². The molecule has 3 unspecified atom stereocenters. The average Bonchev–Trinajstić information content (AvgIpc) is 2.57. The summed E-state index contributed by atoms with van der Waals surface area (Å²) in [6.45, 7) is 3.64. The highest BCUT2D eigenvalue weighted by molar-refractivity contribution is 5.80. The molecule has 0 N–H and O–H groups in total. The molecule has 0 aliphatic heterocycles. The smallest absolute Gasteiger partial charge is 0.347 e. The Hall–Kier alpha value is -2.12. The van der Waals surface area contributed by atoms with E-state index in [9.17, 15) is 4.79 Å². The van der Waals surface area contributed by atoms with E-state index in [1.165, 1.54) is 20.3 Å². The van der Waals surface area contributed by atoms with Gasteiger partial charge in [-0.2, -0.15) is 9.97 Å². The molecule has 1 aliphatic carbocycles. The van der Waals surface area contributed by atoms with E-state index in [1.54, 1.807) is 6.92 Å². The fourth-order valence-electron chi connectivity index (χ4n) is 2.80. The number of nitrogens with zero attached hydrogens (tertiary/aromatic N) is 2. The number of ether oxygens (including phenoxy) is 4. The summed E-state index contributed by atoms with van der Waals surface area (Å²) in [5.41, 5.74) is -2.23. The van der Waals surface area contributed by atoms with E-state index >= 15 is 4.39 Å². The Morgan fingerprint density at radius 1 is 1.29 bits per heavy atom. The SMILES string of the molecule is CCOC(=O)C1(F)CC(C)CCC1Oc1nc(OC)cc(OC)n1. The molecule has 3 atom stereocenters. The summed E-state index contributed by atoms with van der Waals surface area (Å²) in [5, 5.41) is 0. The van der Waals surface area contributed by atoms with Crippen LogP contribution in [-0.2, 0) is 9.53 Å². The minimum atomic E-state index is -2.23. The first-order valence-corrected chi connectivity index (χ1v) is 7.92. The van der Waals surface area contributed by atoms with Crippen molar-refractivity contribution in [3.05, 3.63) is 6.07 Å². The second-order valence-corrected chi connectivity index (χ2v) is 5.81. The van der Waals surface area contributed by atoms with Gasteiger partial charge in [0.15, 0.2) is 0 Å². The van der Waals surface area contributed by atoms with Gasteiger partial charge in [-0.1, -0.05) is 6.92 Å². The van der Waals surface area contributed by atoms with Crippen LogP contribution >= 0.6 is 0 Å². The molecule has 1 aliphatic rings. The number of halogens is 1. The number of esters is 1.